The minimum absolute atomic E-state index is 0.187. The summed E-state index contributed by atoms with van der Waals surface area (Å²) in [4.78, 5) is 32.5. The maximum absolute atomic E-state index is 13.3. The largest absolute Gasteiger partial charge is 0.493 e. The van der Waals surface area contributed by atoms with Crippen LogP contribution in [0.25, 0.3) is 10.6 Å². The van der Waals surface area contributed by atoms with E-state index in [0.29, 0.717) is 42.3 Å². The molecule has 0 unspecified atom stereocenters. The topological polar surface area (TPSA) is 90.0 Å². The van der Waals surface area contributed by atoms with Crippen LogP contribution < -0.4 is 19.5 Å². The minimum Gasteiger partial charge on any atom is -0.493 e. The molecule has 2 aromatic carbocycles. The van der Waals surface area contributed by atoms with Crippen molar-refractivity contribution in [3.05, 3.63) is 59.1 Å². The fourth-order valence-corrected chi connectivity index (χ4v) is 4.88. The number of nitrogens with one attached hydrogen (secondary N) is 1. The molecule has 0 saturated carbocycles. The van der Waals surface area contributed by atoms with Crippen molar-refractivity contribution in [1.82, 2.24) is 15.2 Å². The lowest BCUT2D eigenvalue weighted by Crippen LogP contribution is -2.45. The van der Waals surface area contributed by atoms with E-state index in [4.69, 9.17) is 14.2 Å². The average molecular weight is 482 g/mol. The summed E-state index contributed by atoms with van der Waals surface area (Å²) in [5.74, 6) is 0.756. The first-order valence-electron chi connectivity index (χ1n) is 10.9. The van der Waals surface area contributed by atoms with Crippen LogP contribution in [-0.4, -0.2) is 55.6 Å². The van der Waals surface area contributed by atoms with E-state index < -0.39 is 6.04 Å². The van der Waals surface area contributed by atoms with Crippen LogP contribution in [0.1, 0.15) is 28.9 Å². The van der Waals surface area contributed by atoms with Gasteiger partial charge in [0, 0.05) is 23.1 Å². The predicted octanol–water partition coefficient (Wildman–Crippen LogP) is 3.76. The summed E-state index contributed by atoms with van der Waals surface area (Å²) < 4.78 is 16.1. The fourth-order valence-electron chi connectivity index (χ4n) is 4.05. The van der Waals surface area contributed by atoms with E-state index in [1.54, 1.807) is 17.0 Å². The smallest absolute Gasteiger partial charge is 0.254 e. The zero-order chi connectivity index (χ0) is 24.1. The summed E-state index contributed by atoms with van der Waals surface area (Å²) in [5, 5.41) is 5.80. The summed E-state index contributed by atoms with van der Waals surface area (Å²) in [7, 11) is 4.51. The number of thiazole rings is 1. The molecule has 4 rings (SSSR count). The fraction of sp³-hybridized carbons (Fsp3) is 0.320. The summed E-state index contributed by atoms with van der Waals surface area (Å²) in [5.41, 5.74) is 2.21. The van der Waals surface area contributed by atoms with Gasteiger partial charge in [-0.2, -0.15) is 0 Å². The molecule has 1 aliphatic heterocycles. The van der Waals surface area contributed by atoms with E-state index in [1.165, 1.54) is 32.7 Å². The summed E-state index contributed by atoms with van der Waals surface area (Å²) in [6.07, 6.45) is 1.36. The molecule has 1 atom stereocenters. The third-order valence-electron chi connectivity index (χ3n) is 5.74. The van der Waals surface area contributed by atoms with E-state index in [-0.39, 0.29) is 11.8 Å². The SMILES string of the molecule is COc1cc(C(=O)N2CCC[C@@H]2C(=O)NCc2csc(-c3ccccc3)n2)cc(OC)c1OC. The van der Waals surface area contributed by atoms with Gasteiger partial charge in [-0.3, -0.25) is 9.59 Å². The van der Waals surface area contributed by atoms with Crippen LogP contribution in [0.3, 0.4) is 0 Å². The Bertz CT molecular complexity index is 1140. The lowest BCUT2D eigenvalue weighted by Gasteiger charge is -2.24. The second-order valence-corrected chi connectivity index (χ2v) is 8.66. The molecule has 2 amide bonds. The number of aromatic nitrogens is 1. The normalized spacial score (nSPS) is 15.1. The Morgan fingerprint density at radius 3 is 2.44 bits per heavy atom. The van der Waals surface area contributed by atoms with Gasteiger partial charge in [0.15, 0.2) is 11.5 Å². The molecule has 9 heteroatoms. The van der Waals surface area contributed by atoms with E-state index in [1.807, 2.05) is 35.7 Å². The van der Waals surface area contributed by atoms with E-state index in [9.17, 15) is 9.59 Å². The van der Waals surface area contributed by atoms with Crippen molar-refractivity contribution in [1.29, 1.82) is 0 Å². The minimum atomic E-state index is -0.543. The van der Waals surface area contributed by atoms with Gasteiger partial charge in [0.1, 0.15) is 11.0 Å². The van der Waals surface area contributed by atoms with Gasteiger partial charge in [-0.1, -0.05) is 30.3 Å². The summed E-state index contributed by atoms with van der Waals surface area (Å²) in [6, 6.07) is 12.6. The highest BCUT2D eigenvalue weighted by atomic mass is 32.1. The van der Waals surface area contributed by atoms with Crippen molar-refractivity contribution in [2.45, 2.75) is 25.4 Å². The number of carbonyl (C=O) groups is 2. The number of benzene rings is 2. The zero-order valence-electron chi connectivity index (χ0n) is 19.4. The lowest BCUT2D eigenvalue weighted by molar-refractivity contribution is -0.125. The Hall–Kier alpha value is -3.59. The monoisotopic (exact) mass is 481 g/mol. The van der Waals surface area contributed by atoms with Gasteiger partial charge in [-0.05, 0) is 25.0 Å². The molecule has 1 aromatic heterocycles. The quantitative estimate of drug-likeness (QED) is 0.527. The number of nitrogens with zero attached hydrogens (tertiary/aromatic N) is 2. The molecule has 1 aliphatic rings. The summed E-state index contributed by atoms with van der Waals surface area (Å²) in [6.45, 7) is 0.813. The number of likely N-dealkylation sites (tertiary alicyclic amines) is 1. The van der Waals surface area contributed by atoms with Crippen LogP contribution >= 0.6 is 11.3 Å². The van der Waals surface area contributed by atoms with Gasteiger partial charge >= 0.3 is 0 Å². The molecule has 1 saturated heterocycles. The van der Waals surface area contributed by atoms with E-state index in [2.05, 4.69) is 10.3 Å². The van der Waals surface area contributed by atoms with Crippen LogP contribution in [0, 0.1) is 0 Å². The number of amides is 2. The summed E-state index contributed by atoms with van der Waals surface area (Å²) >= 11 is 1.54. The maximum Gasteiger partial charge on any atom is 0.254 e. The Morgan fingerprint density at radius 2 is 1.79 bits per heavy atom. The van der Waals surface area contributed by atoms with Gasteiger partial charge < -0.3 is 24.4 Å². The maximum atomic E-state index is 13.3. The molecule has 0 spiro atoms. The predicted molar refractivity (Wildman–Crippen MR) is 130 cm³/mol. The number of hydrogen-bond donors (Lipinski definition) is 1. The van der Waals surface area contributed by atoms with Crippen molar-refractivity contribution < 1.29 is 23.8 Å². The molecule has 0 radical (unpaired) electrons. The van der Waals surface area contributed by atoms with Gasteiger partial charge in [-0.25, -0.2) is 4.98 Å². The zero-order valence-corrected chi connectivity index (χ0v) is 20.2. The second-order valence-electron chi connectivity index (χ2n) is 7.80. The van der Waals surface area contributed by atoms with E-state index >= 15 is 0 Å². The van der Waals surface area contributed by atoms with Crippen molar-refractivity contribution in [3.8, 4) is 27.8 Å². The van der Waals surface area contributed by atoms with Gasteiger partial charge in [-0.15, -0.1) is 11.3 Å². The molecule has 1 fully saturated rings. The first-order valence-corrected chi connectivity index (χ1v) is 11.8. The standard InChI is InChI=1S/C25H27N3O5S/c1-31-20-12-17(13-21(32-2)22(20)33-3)25(30)28-11-7-10-19(28)23(29)26-14-18-15-34-24(27-18)16-8-5-4-6-9-16/h4-6,8-9,12-13,15,19H,7,10-11,14H2,1-3H3,(H,26,29)/t19-/m1/s1. The number of rotatable bonds is 8. The molecule has 2 heterocycles. The van der Waals surface area contributed by atoms with Crippen LogP contribution in [0.4, 0.5) is 0 Å². The second kappa shape index (κ2) is 10.6. The molecule has 8 nitrogen and oxygen atoms in total. The molecule has 178 valence electrons. The van der Waals surface area contributed by atoms with E-state index in [0.717, 1.165) is 22.7 Å². The highest BCUT2D eigenvalue weighted by Crippen LogP contribution is 2.39. The number of ether oxygens (including phenoxy) is 3. The third kappa shape index (κ3) is 4.84. The first kappa shape index (κ1) is 23.6. The Morgan fingerprint density at radius 1 is 1.09 bits per heavy atom. The third-order valence-corrected chi connectivity index (χ3v) is 6.68. The lowest BCUT2D eigenvalue weighted by atomic mass is 10.1. The Balaban J connectivity index is 1.44. The molecular weight excluding hydrogens is 454 g/mol. The van der Waals surface area contributed by atoms with Gasteiger partial charge in [0.2, 0.25) is 11.7 Å². The molecule has 3 aromatic rings. The molecule has 34 heavy (non-hydrogen) atoms. The van der Waals surface area contributed by atoms with Crippen molar-refractivity contribution in [2.75, 3.05) is 27.9 Å². The van der Waals surface area contributed by atoms with Crippen molar-refractivity contribution in [3.63, 3.8) is 0 Å². The van der Waals surface area contributed by atoms with Crippen LogP contribution in [0.15, 0.2) is 47.8 Å². The Kier molecular flexibility index (Phi) is 7.32. The number of methoxy groups -OCH3 is 3. The van der Waals surface area contributed by atoms with Crippen LogP contribution in [0.2, 0.25) is 0 Å². The first-order chi connectivity index (χ1) is 16.5. The molecule has 0 aliphatic carbocycles. The molecular formula is C25H27N3O5S. The van der Waals surface area contributed by atoms with Gasteiger partial charge in [0.25, 0.3) is 5.91 Å². The highest BCUT2D eigenvalue weighted by Gasteiger charge is 2.35. The molecule has 1 N–H and O–H groups in total. The Labute approximate surface area is 202 Å². The van der Waals surface area contributed by atoms with Crippen LogP contribution in [0.5, 0.6) is 17.2 Å². The number of hydrogen-bond acceptors (Lipinski definition) is 7. The molecule has 0 bridgehead atoms. The van der Waals surface area contributed by atoms with Crippen molar-refractivity contribution in [2.24, 2.45) is 0 Å². The average Bonchev–Trinajstić information content (AvgIpc) is 3.56. The van der Waals surface area contributed by atoms with Crippen molar-refractivity contribution >= 4 is 23.2 Å². The highest BCUT2D eigenvalue weighted by molar-refractivity contribution is 7.13. The number of carbonyl (C=O) groups excluding carboxylic acids is 2. The van der Waals surface area contributed by atoms with Gasteiger partial charge in [0.05, 0.1) is 33.6 Å². The van der Waals surface area contributed by atoms with Crippen LogP contribution in [-0.2, 0) is 11.3 Å².